The molecule has 15 heteroatoms. The zero-order valence-electron chi connectivity index (χ0n) is 22.9. The minimum Gasteiger partial charge on any atom is -0.507 e. The Bertz CT molecular complexity index is 1490. The second-order valence-electron chi connectivity index (χ2n) is 10.3. The number of methoxy groups -OCH3 is 1. The van der Waals surface area contributed by atoms with Crippen molar-refractivity contribution in [3.63, 3.8) is 0 Å². The number of benzene rings is 2. The summed E-state index contributed by atoms with van der Waals surface area (Å²) in [4.78, 5) is 12.9. The molecule has 5 rings (SSSR count). The maximum atomic E-state index is 12.9. The second kappa shape index (κ2) is 12.2. The number of phenols is 1. The van der Waals surface area contributed by atoms with Crippen LogP contribution >= 0.6 is 0 Å². The topological polar surface area (TPSA) is 238 Å². The molecule has 234 valence electrons. The lowest BCUT2D eigenvalue weighted by molar-refractivity contribution is -0.318. The van der Waals surface area contributed by atoms with E-state index >= 15 is 0 Å². The zero-order chi connectivity index (χ0) is 31.2. The molecule has 2 aromatic carbocycles. The van der Waals surface area contributed by atoms with E-state index in [9.17, 15) is 45.6 Å². The van der Waals surface area contributed by atoms with E-state index in [2.05, 4.69) is 0 Å². The number of ether oxygens (including phenoxy) is 5. The molecule has 2 aliphatic rings. The Kier molecular flexibility index (Phi) is 8.80. The first-order chi connectivity index (χ1) is 20.4. The average Bonchev–Trinajstić information content (AvgIpc) is 2.99. The fraction of sp³-hybridized carbons (Fsp3) is 0.464. The van der Waals surface area contributed by atoms with Crippen molar-refractivity contribution in [3.05, 3.63) is 46.6 Å². The van der Waals surface area contributed by atoms with Crippen LogP contribution in [-0.4, -0.2) is 116 Å². The van der Waals surface area contributed by atoms with E-state index in [0.29, 0.717) is 11.3 Å². The first kappa shape index (κ1) is 30.9. The monoisotopic (exact) mass is 608 g/mol. The molecular formula is C28H32O15. The highest BCUT2D eigenvalue weighted by atomic mass is 16.7. The highest BCUT2D eigenvalue weighted by Gasteiger charge is 2.47. The average molecular weight is 609 g/mol. The van der Waals surface area contributed by atoms with E-state index in [1.54, 1.807) is 24.3 Å². The van der Waals surface area contributed by atoms with Crippen LogP contribution < -0.4 is 14.9 Å². The molecule has 3 heterocycles. The SMILES string of the molecule is COc1ccc(-c2oc3cc(O[C@@H]4O[C@H](CO[C@@H]5O[C@@H](C)[C@H](O)[C@@H](O)[C@H]5O)[C@@H](O)[C@H](O)[C@H]4O)cc(O)c3c(=O)c2O)cc1. The Morgan fingerprint density at radius 2 is 1.44 bits per heavy atom. The van der Waals surface area contributed by atoms with Gasteiger partial charge in [0.05, 0.1) is 19.8 Å². The Labute approximate surface area is 243 Å². The highest BCUT2D eigenvalue weighted by Crippen LogP contribution is 2.37. The van der Waals surface area contributed by atoms with Gasteiger partial charge in [0.1, 0.15) is 70.9 Å². The molecule has 0 bridgehead atoms. The van der Waals surface area contributed by atoms with Crippen molar-refractivity contribution in [1.29, 1.82) is 0 Å². The highest BCUT2D eigenvalue weighted by molar-refractivity contribution is 5.88. The van der Waals surface area contributed by atoms with Gasteiger partial charge in [-0.15, -0.1) is 0 Å². The number of rotatable bonds is 7. The van der Waals surface area contributed by atoms with E-state index in [1.807, 2.05) is 0 Å². The Balaban J connectivity index is 1.37. The third-order valence-corrected chi connectivity index (χ3v) is 7.43. The lowest BCUT2D eigenvalue weighted by atomic mass is 9.98. The normalized spacial score (nSPS) is 32.9. The maximum Gasteiger partial charge on any atom is 0.238 e. The standard InChI is InChI=1S/C28H32O15/c1-10-18(30)21(33)24(36)27(40-10)39-9-16-19(31)22(34)25(37)28(43-16)41-13-7-14(29)17-15(8-13)42-26(23(35)20(17)32)11-3-5-12(38-2)6-4-11/h3-8,10,16,18-19,21-22,24-25,27-31,33-37H,9H2,1-2H3/t10-,16+,18-,19+,21+,22-,24+,25+,27+,28+/m0/s1. The summed E-state index contributed by atoms with van der Waals surface area (Å²) in [6, 6.07) is 8.47. The number of fused-ring (bicyclic) bond motifs is 1. The maximum absolute atomic E-state index is 12.9. The number of hydrogen-bond donors (Lipinski definition) is 8. The fourth-order valence-electron chi connectivity index (χ4n) is 4.90. The van der Waals surface area contributed by atoms with Crippen LogP contribution in [0, 0.1) is 0 Å². The fourth-order valence-corrected chi connectivity index (χ4v) is 4.90. The van der Waals surface area contributed by atoms with Gasteiger partial charge in [0, 0.05) is 17.7 Å². The summed E-state index contributed by atoms with van der Waals surface area (Å²) < 4.78 is 32.9. The van der Waals surface area contributed by atoms with Gasteiger partial charge in [-0.25, -0.2) is 0 Å². The van der Waals surface area contributed by atoms with Gasteiger partial charge in [0.15, 0.2) is 12.1 Å². The van der Waals surface area contributed by atoms with Crippen LogP contribution in [0.25, 0.3) is 22.3 Å². The zero-order valence-corrected chi connectivity index (χ0v) is 22.9. The lowest BCUT2D eigenvalue weighted by Crippen LogP contribution is -2.61. The predicted octanol–water partition coefficient (Wildman–Crippen LogP) is -1.09. The van der Waals surface area contributed by atoms with Gasteiger partial charge < -0.3 is 69.0 Å². The quantitative estimate of drug-likeness (QED) is 0.159. The molecule has 0 amide bonds. The van der Waals surface area contributed by atoms with Gasteiger partial charge in [-0.2, -0.15) is 0 Å². The van der Waals surface area contributed by atoms with Gasteiger partial charge in [-0.05, 0) is 31.2 Å². The molecule has 10 atom stereocenters. The molecule has 3 aromatic rings. The van der Waals surface area contributed by atoms with Crippen molar-refractivity contribution in [3.8, 4) is 34.3 Å². The number of aliphatic hydroxyl groups excluding tert-OH is 6. The van der Waals surface area contributed by atoms with Crippen LogP contribution in [0.15, 0.2) is 45.6 Å². The lowest BCUT2D eigenvalue weighted by Gasteiger charge is -2.42. The van der Waals surface area contributed by atoms with Gasteiger partial charge in [0.25, 0.3) is 0 Å². The Hall–Kier alpha value is -3.51. The van der Waals surface area contributed by atoms with Crippen molar-refractivity contribution in [2.75, 3.05) is 13.7 Å². The second-order valence-corrected chi connectivity index (χ2v) is 10.3. The Morgan fingerprint density at radius 3 is 2.12 bits per heavy atom. The van der Waals surface area contributed by atoms with Gasteiger partial charge in [-0.1, -0.05) is 0 Å². The minimum absolute atomic E-state index is 0.177. The summed E-state index contributed by atoms with van der Waals surface area (Å²) in [6.45, 7) is 0.943. The van der Waals surface area contributed by atoms with Gasteiger partial charge in [-0.3, -0.25) is 4.79 Å². The molecule has 0 spiro atoms. The summed E-state index contributed by atoms with van der Waals surface area (Å²) >= 11 is 0. The molecule has 1 aromatic heterocycles. The van der Waals surface area contributed by atoms with Crippen molar-refractivity contribution >= 4 is 11.0 Å². The summed E-state index contributed by atoms with van der Waals surface area (Å²) in [5, 5.41) is 82.2. The minimum atomic E-state index is -1.79. The number of aromatic hydroxyl groups is 2. The predicted molar refractivity (Wildman–Crippen MR) is 143 cm³/mol. The van der Waals surface area contributed by atoms with Crippen molar-refractivity contribution in [1.82, 2.24) is 0 Å². The third kappa shape index (κ3) is 5.86. The molecule has 0 aliphatic carbocycles. The van der Waals surface area contributed by atoms with Crippen LogP contribution in [0.2, 0.25) is 0 Å². The van der Waals surface area contributed by atoms with E-state index in [0.717, 1.165) is 6.07 Å². The largest absolute Gasteiger partial charge is 0.507 e. The van der Waals surface area contributed by atoms with Crippen molar-refractivity contribution < 1.29 is 69.0 Å². The van der Waals surface area contributed by atoms with E-state index in [-0.39, 0.29) is 22.5 Å². The smallest absolute Gasteiger partial charge is 0.238 e. The van der Waals surface area contributed by atoms with Gasteiger partial charge in [0.2, 0.25) is 17.5 Å². The molecule has 43 heavy (non-hydrogen) atoms. The van der Waals surface area contributed by atoms with Crippen molar-refractivity contribution in [2.24, 2.45) is 0 Å². The number of phenolic OH excluding ortho intramolecular Hbond substituents is 1. The summed E-state index contributed by atoms with van der Waals surface area (Å²) in [6.07, 6.45) is -15.1. The van der Waals surface area contributed by atoms with Gasteiger partial charge >= 0.3 is 0 Å². The molecule has 0 saturated carbocycles. The Morgan fingerprint density at radius 1 is 0.791 bits per heavy atom. The molecule has 8 N–H and O–H groups in total. The summed E-state index contributed by atoms with van der Waals surface area (Å²) in [5.74, 6) is -1.21. The van der Waals surface area contributed by atoms with E-state index in [4.69, 9.17) is 28.1 Å². The number of aliphatic hydroxyl groups is 6. The first-order valence-corrected chi connectivity index (χ1v) is 13.3. The van der Waals surface area contributed by atoms with Crippen LogP contribution in [0.3, 0.4) is 0 Å². The van der Waals surface area contributed by atoms with Crippen molar-refractivity contribution in [2.45, 2.75) is 68.3 Å². The molecule has 15 nitrogen and oxygen atoms in total. The number of hydrogen-bond acceptors (Lipinski definition) is 15. The molecular weight excluding hydrogens is 576 g/mol. The molecule has 2 saturated heterocycles. The third-order valence-electron chi connectivity index (χ3n) is 7.43. The van der Waals surface area contributed by atoms with E-state index in [1.165, 1.54) is 20.1 Å². The molecule has 2 fully saturated rings. The van der Waals surface area contributed by atoms with Crippen LogP contribution in [0.5, 0.6) is 23.0 Å². The van der Waals surface area contributed by atoms with Crippen LogP contribution in [0.4, 0.5) is 0 Å². The van der Waals surface area contributed by atoms with Crippen LogP contribution in [0.1, 0.15) is 6.92 Å². The summed E-state index contributed by atoms with van der Waals surface area (Å²) in [5.41, 5.74) is -0.773. The van der Waals surface area contributed by atoms with Crippen LogP contribution in [-0.2, 0) is 14.2 Å². The molecule has 2 aliphatic heterocycles. The molecule has 0 radical (unpaired) electrons. The molecule has 0 unspecified atom stereocenters. The van der Waals surface area contributed by atoms with E-state index < -0.39 is 84.9 Å². The first-order valence-electron chi connectivity index (χ1n) is 13.3. The summed E-state index contributed by atoms with van der Waals surface area (Å²) in [7, 11) is 1.47.